The Labute approximate surface area is 87.3 Å². The number of aromatic amines is 1. The highest BCUT2D eigenvalue weighted by Gasteiger charge is 2.10. The first kappa shape index (κ1) is 10.8. The number of nitrogens with zero attached hydrogens (tertiary/aromatic N) is 1. The number of ether oxygens (including phenoxy) is 1. The van der Waals surface area contributed by atoms with E-state index in [0.717, 1.165) is 17.7 Å². The fourth-order valence-electron chi connectivity index (χ4n) is 1.22. The summed E-state index contributed by atoms with van der Waals surface area (Å²) >= 11 is 5.05. The van der Waals surface area contributed by atoms with E-state index in [9.17, 15) is 4.79 Å². The van der Waals surface area contributed by atoms with Gasteiger partial charge in [-0.1, -0.05) is 19.1 Å². The maximum atomic E-state index is 11.2. The molecule has 0 saturated heterocycles. The van der Waals surface area contributed by atoms with E-state index in [1.807, 2.05) is 13.8 Å². The lowest BCUT2D eigenvalue weighted by Gasteiger charge is -2.05. The second kappa shape index (κ2) is 4.32. The molecule has 0 radical (unpaired) electrons. The van der Waals surface area contributed by atoms with Crippen LogP contribution >= 0.6 is 12.2 Å². The second-order valence-corrected chi connectivity index (χ2v) is 3.23. The molecule has 0 unspecified atom stereocenters. The van der Waals surface area contributed by atoms with Gasteiger partial charge in [0.15, 0.2) is 0 Å². The Balaban J connectivity index is 3.28. The lowest BCUT2D eigenvalue weighted by Crippen LogP contribution is -2.10. The molecule has 1 rings (SSSR count). The molecule has 0 bridgehead atoms. The maximum Gasteiger partial charge on any atom is 0.374 e. The second-order valence-electron chi connectivity index (χ2n) is 2.84. The van der Waals surface area contributed by atoms with Gasteiger partial charge in [0.05, 0.1) is 7.11 Å². The molecule has 76 valence electrons. The van der Waals surface area contributed by atoms with E-state index in [-0.39, 0.29) is 5.82 Å². The molecule has 0 atom stereocenters. The molecule has 0 aliphatic heterocycles. The minimum absolute atomic E-state index is 0.159. The van der Waals surface area contributed by atoms with Gasteiger partial charge in [-0.2, -0.15) is 0 Å². The molecule has 0 aliphatic rings. The van der Waals surface area contributed by atoms with Crippen LogP contribution in [0.15, 0.2) is 0 Å². The Kier molecular flexibility index (Phi) is 3.35. The minimum atomic E-state index is -0.498. The zero-order chi connectivity index (χ0) is 10.7. The molecular weight excluding hydrogens is 200 g/mol. The molecule has 1 aromatic rings. The van der Waals surface area contributed by atoms with Crippen molar-refractivity contribution in [1.82, 2.24) is 9.97 Å². The predicted molar refractivity (Wildman–Crippen MR) is 54.9 cm³/mol. The standard InChI is InChI=1S/C9H12N2O2S/c1-4-6-5(2)10-7(9(12)13-3)11-8(6)14/h4H2,1-3H3,(H,10,11,14). The van der Waals surface area contributed by atoms with Crippen molar-refractivity contribution in [3.05, 3.63) is 21.7 Å². The highest BCUT2D eigenvalue weighted by atomic mass is 32.1. The molecule has 0 aliphatic carbocycles. The van der Waals surface area contributed by atoms with Gasteiger partial charge < -0.3 is 9.72 Å². The Morgan fingerprint density at radius 2 is 2.29 bits per heavy atom. The molecule has 4 nitrogen and oxygen atoms in total. The molecule has 1 heterocycles. The Morgan fingerprint density at radius 1 is 1.64 bits per heavy atom. The van der Waals surface area contributed by atoms with Crippen LogP contribution in [0.2, 0.25) is 0 Å². The van der Waals surface area contributed by atoms with E-state index in [0.29, 0.717) is 4.64 Å². The van der Waals surface area contributed by atoms with Crippen LogP contribution in [-0.2, 0) is 11.2 Å². The van der Waals surface area contributed by atoms with Gasteiger partial charge in [0.1, 0.15) is 4.64 Å². The topological polar surface area (TPSA) is 55.0 Å². The van der Waals surface area contributed by atoms with Crippen molar-refractivity contribution in [2.45, 2.75) is 20.3 Å². The van der Waals surface area contributed by atoms with E-state index in [4.69, 9.17) is 12.2 Å². The molecule has 0 amide bonds. The number of hydrogen-bond donors (Lipinski definition) is 1. The first-order valence-electron chi connectivity index (χ1n) is 4.28. The summed E-state index contributed by atoms with van der Waals surface area (Å²) in [5, 5.41) is 0. The van der Waals surface area contributed by atoms with Gasteiger partial charge in [-0.05, 0) is 13.3 Å². The summed E-state index contributed by atoms with van der Waals surface area (Å²) < 4.78 is 5.00. The summed E-state index contributed by atoms with van der Waals surface area (Å²) in [4.78, 5) is 18.0. The van der Waals surface area contributed by atoms with Crippen LogP contribution < -0.4 is 0 Å². The summed E-state index contributed by atoms with van der Waals surface area (Å²) in [7, 11) is 1.31. The summed E-state index contributed by atoms with van der Waals surface area (Å²) in [5.41, 5.74) is 1.83. The van der Waals surface area contributed by atoms with Crippen LogP contribution in [0, 0.1) is 11.6 Å². The van der Waals surface area contributed by atoms with E-state index >= 15 is 0 Å². The molecular formula is C9H12N2O2S. The molecule has 1 N–H and O–H groups in total. The van der Waals surface area contributed by atoms with E-state index in [2.05, 4.69) is 14.7 Å². The Hall–Kier alpha value is -1.23. The first-order valence-corrected chi connectivity index (χ1v) is 4.69. The number of hydrogen-bond acceptors (Lipinski definition) is 4. The summed E-state index contributed by atoms with van der Waals surface area (Å²) in [6, 6.07) is 0. The van der Waals surface area contributed by atoms with Gasteiger partial charge in [0.2, 0.25) is 5.82 Å². The fourth-order valence-corrected chi connectivity index (χ4v) is 1.61. The van der Waals surface area contributed by atoms with Crippen LogP contribution in [0.5, 0.6) is 0 Å². The molecule has 0 saturated carbocycles. The largest absolute Gasteiger partial charge is 0.463 e. The van der Waals surface area contributed by atoms with Gasteiger partial charge in [0.25, 0.3) is 0 Å². The summed E-state index contributed by atoms with van der Waals surface area (Å²) in [6.07, 6.45) is 0.801. The first-order chi connectivity index (χ1) is 6.60. The minimum Gasteiger partial charge on any atom is -0.463 e. The van der Waals surface area contributed by atoms with Gasteiger partial charge in [-0.25, -0.2) is 9.78 Å². The van der Waals surface area contributed by atoms with Crippen LogP contribution in [-0.4, -0.2) is 23.0 Å². The fraction of sp³-hybridized carbons (Fsp3) is 0.444. The average molecular weight is 212 g/mol. The van der Waals surface area contributed by atoms with Gasteiger partial charge in [-0.3, -0.25) is 0 Å². The van der Waals surface area contributed by atoms with E-state index in [1.165, 1.54) is 7.11 Å². The quantitative estimate of drug-likeness (QED) is 0.600. The number of aryl methyl sites for hydroxylation is 1. The average Bonchev–Trinajstić information content (AvgIpc) is 2.16. The van der Waals surface area contributed by atoms with Crippen LogP contribution in [0.1, 0.15) is 28.8 Å². The third kappa shape index (κ3) is 1.98. The predicted octanol–water partition coefficient (Wildman–Crippen LogP) is 1.80. The van der Waals surface area contributed by atoms with Crippen LogP contribution in [0.25, 0.3) is 0 Å². The molecule has 0 aromatic carbocycles. The number of H-pyrrole nitrogens is 1. The number of rotatable bonds is 2. The zero-order valence-electron chi connectivity index (χ0n) is 8.38. The van der Waals surface area contributed by atoms with Gasteiger partial charge in [0, 0.05) is 11.3 Å². The molecule has 0 spiro atoms. The molecule has 0 fully saturated rings. The third-order valence-electron chi connectivity index (χ3n) is 1.96. The van der Waals surface area contributed by atoms with E-state index < -0.39 is 5.97 Å². The van der Waals surface area contributed by atoms with E-state index in [1.54, 1.807) is 0 Å². The highest BCUT2D eigenvalue weighted by molar-refractivity contribution is 7.71. The number of esters is 1. The van der Waals surface area contributed by atoms with Crippen molar-refractivity contribution in [3.8, 4) is 0 Å². The van der Waals surface area contributed by atoms with Crippen molar-refractivity contribution < 1.29 is 9.53 Å². The van der Waals surface area contributed by atoms with Crippen LogP contribution in [0.4, 0.5) is 0 Å². The third-order valence-corrected chi connectivity index (χ3v) is 2.30. The molecule has 1 aromatic heterocycles. The van der Waals surface area contributed by atoms with Crippen molar-refractivity contribution in [2.75, 3.05) is 7.11 Å². The van der Waals surface area contributed by atoms with Crippen molar-refractivity contribution in [1.29, 1.82) is 0 Å². The Morgan fingerprint density at radius 3 is 2.71 bits per heavy atom. The molecule has 5 heteroatoms. The summed E-state index contributed by atoms with van der Waals surface area (Å²) in [5.74, 6) is -0.339. The Bertz CT molecular complexity index is 412. The normalized spacial score (nSPS) is 9.93. The number of carbonyl (C=O) groups excluding carboxylic acids is 1. The zero-order valence-corrected chi connectivity index (χ0v) is 9.20. The van der Waals surface area contributed by atoms with Gasteiger partial charge >= 0.3 is 5.97 Å². The van der Waals surface area contributed by atoms with Crippen molar-refractivity contribution >= 4 is 18.2 Å². The number of nitrogens with one attached hydrogen (secondary N) is 1. The number of carbonyl (C=O) groups is 1. The lowest BCUT2D eigenvalue weighted by atomic mass is 10.2. The monoisotopic (exact) mass is 212 g/mol. The van der Waals surface area contributed by atoms with Crippen LogP contribution in [0.3, 0.4) is 0 Å². The summed E-state index contributed by atoms with van der Waals surface area (Å²) in [6.45, 7) is 3.86. The molecule has 14 heavy (non-hydrogen) atoms. The number of methoxy groups -OCH3 is 1. The lowest BCUT2D eigenvalue weighted by molar-refractivity contribution is 0.0586. The number of aromatic nitrogens is 2. The van der Waals surface area contributed by atoms with Crippen molar-refractivity contribution in [2.24, 2.45) is 0 Å². The van der Waals surface area contributed by atoms with Crippen molar-refractivity contribution in [3.63, 3.8) is 0 Å². The van der Waals surface area contributed by atoms with Gasteiger partial charge in [-0.15, -0.1) is 0 Å². The highest BCUT2D eigenvalue weighted by Crippen LogP contribution is 2.07. The SMILES string of the molecule is CCc1c(C)[nH]c(C(=O)OC)nc1=S. The smallest absolute Gasteiger partial charge is 0.374 e. The maximum absolute atomic E-state index is 11.2.